The number of hydrogen-bond acceptors (Lipinski definition) is 13. The van der Waals surface area contributed by atoms with Gasteiger partial charge in [0.15, 0.2) is 5.69 Å². The van der Waals surface area contributed by atoms with Crippen molar-refractivity contribution in [2.45, 2.75) is 122 Å². The monoisotopic (exact) mass is 948 g/mol. The third-order valence-electron chi connectivity index (χ3n) is 14.2. The van der Waals surface area contributed by atoms with Crippen LogP contribution in [0.3, 0.4) is 0 Å². The molecule has 0 aromatic carbocycles. The van der Waals surface area contributed by atoms with E-state index in [0.29, 0.717) is 55.0 Å². The number of carbonyl (C=O) groups excluding carboxylic acids is 5. The van der Waals surface area contributed by atoms with Gasteiger partial charge in [-0.1, -0.05) is 0 Å². The van der Waals surface area contributed by atoms with Crippen molar-refractivity contribution in [3.8, 4) is 0 Å². The number of rotatable bonds is 17. The van der Waals surface area contributed by atoms with Gasteiger partial charge in [-0.15, -0.1) is 32.9 Å². The average molecular weight is 949 g/mol. The Morgan fingerprint density at radius 2 is 1.27 bits per heavy atom. The number of nitrogens with one attached hydrogen (secondary N) is 4. The highest BCUT2D eigenvalue weighted by molar-refractivity contribution is 7.13. The molecule has 19 heteroatoms. The minimum absolute atomic E-state index is 0.0123. The molecule has 5 aromatic heterocycles. The maximum atomic E-state index is 13.4. The third-order valence-corrected chi connectivity index (χ3v) is 16.8. The van der Waals surface area contributed by atoms with E-state index < -0.39 is 0 Å². The Morgan fingerprint density at radius 1 is 0.731 bits per heavy atom. The van der Waals surface area contributed by atoms with Gasteiger partial charge in [0, 0.05) is 89.7 Å². The molecule has 17 nitrogen and oxygen atoms in total. The van der Waals surface area contributed by atoms with Gasteiger partial charge < -0.3 is 31.6 Å². The van der Waals surface area contributed by atoms with Crippen LogP contribution in [0.15, 0.2) is 18.9 Å². The molecule has 0 saturated heterocycles. The van der Waals surface area contributed by atoms with Crippen LogP contribution >= 0.6 is 22.7 Å². The van der Waals surface area contributed by atoms with E-state index in [1.165, 1.54) is 35.4 Å². The first kappa shape index (κ1) is 45.1. The maximum absolute atomic E-state index is 13.4. The summed E-state index contributed by atoms with van der Waals surface area (Å²) >= 11 is 3.30. The molecule has 0 aliphatic heterocycles. The molecule has 6 aliphatic carbocycles. The standard InChI is InChI=1S/C25H31N7O2S.C23H29N5O3S/c1-14-19(12-31(2)30-14)28-25-29-27-13-32(25)17-7-8-21-18(9-17)23(24(34)26-11-15-3-4-15)22(35-21)10-20(33)16-5-6-16;1-25-23(31)20-21(24)28(11-27-20)14-6-7-17-15(8-14)19(22(30)26-10-12-2-3-12)18(32-17)9-16(29)13-4-5-13/h12-13,15-17H,3-11H2,1-2H3,(H,26,34)(H,28,29);11-14H,2-10,24H2,1H3,(H,25,31)(H,26,30)/t17-;14-/m00/s1. The number of carbonyl (C=O) groups is 5. The molecule has 3 amide bonds. The number of thiophene rings is 2. The summed E-state index contributed by atoms with van der Waals surface area (Å²) in [5.41, 5.74) is 11.9. The van der Waals surface area contributed by atoms with Crippen molar-refractivity contribution < 1.29 is 24.0 Å². The number of imidazole rings is 1. The fourth-order valence-corrected chi connectivity index (χ4v) is 12.3. The Labute approximate surface area is 397 Å². The van der Waals surface area contributed by atoms with Crippen molar-refractivity contribution >= 4 is 69.4 Å². The minimum atomic E-state index is -0.311. The lowest BCUT2D eigenvalue weighted by Gasteiger charge is -2.25. The van der Waals surface area contributed by atoms with E-state index in [2.05, 4.69) is 46.1 Å². The van der Waals surface area contributed by atoms with Crippen LogP contribution in [-0.4, -0.2) is 83.5 Å². The van der Waals surface area contributed by atoms with Crippen LogP contribution in [0.4, 0.5) is 17.5 Å². The lowest BCUT2D eigenvalue weighted by Crippen LogP contribution is -2.28. The highest BCUT2D eigenvalue weighted by Gasteiger charge is 2.37. The first-order valence-electron chi connectivity index (χ1n) is 24.0. The molecule has 4 saturated carbocycles. The minimum Gasteiger partial charge on any atom is -0.383 e. The van der Waals surface area contributed by atoms with E-state index in [-0.39, 0.29) is 58.9 Å². The maximum Gasteiger partial charge on any atom is 0.273 e. The number of amides is 3. The Bertz CT molecular complexity index is 2730. The molecule has 2 atom stereocenters. The highest BCUT2D eigenvalue weighted by atomic mass is 32.1. The topological polar surface area (TPSA) is 226 Å². The zero-order chi connectivity index (χ0) is 46.5. The Morgan fingerprint density at radius 3 is 1.75 bits per heavy atom. The number of anilines is 3. The average Bonchev–Trinajstić information content (AvgIpc) is 4.15. The summed E-state index contributed by atoms with van der Waals surface area (Å²) in [7, 11) is 3.44. The number of ketones is 2. The van der Waals surface area contributed by atoms with E-state index in [4.69, 9.17) is 5.73 Å². The number of aryl methyl sites for hydroxylation is 4. The van der Waals surface area contributed by atoms with Gasteiger partial charge in [-0.2, -0.15) is 5.10 Å². The van der Waals surface area contributed by atoms with Crippen molar-refractivity contribution in [2.75, 3.05) is 31.2 Å². The molecule has 0 radical (unpaired) electrons. The van der Waals surface area contributed by atoms with Crippen molar-refractivity contribution in [1.29, 1.82) is 0 Å². The summed E-state index contributed by atoms with van der Waals surface area (Å²) in [5, 5.41) is 25.1. The first-order chi connectivity index (χ1) is 32.4. The van der Waals surface area contributed by atoms with Gasteiger partial charge in [-0.05, 0) is 120 Å². The summed E-state index contributed by atoms with van der Waals surface area (Å²) in [6.07, 6.45) is 19.6. The zero-order valence-corrected chi connectivity index (χ0v) is 40.1. The van der Waals surface area contributed by atoms with Gasteiger partial charge in [-0.25, -0.2) is 4.98 Å². The normalized spacial score (nSPS) is 19.7. The van der Waals surface area contributed by atoms with E-state index in [1.807, 2.05) is 24.7 Å². The van der Waals surface area contributed by atoms with Gasteiger partial charge in [0.2, 0.25) is 5.95 Å². The van der Waals surface area contributed by atoms with Gasteiger partial charge in [-0.3, -0.25) is 33.2 Å². The fourth-order valence-electron chi connectivity index (χ4n) is 9.60. The Kier molecular flexibility index (Phi) is 12.6. The summed E-state index contributed by atoms with van der Waals surface area (Å²) in [6, 6.07) is 0.151. The molecule has 5 heterocycles. The smallest absolute Gasteiger partial charge is 0.273 e. The number of Topliss-reactive ketones (excluding diaryl/α,β-unsaturated/α-hetero) is 2. The molecule has 4 fully saturated rings. The van der Waals surface area contributed by atoms with Gasteiger partial charge >= 0.3 is 0 Å². The molecule has 5 aromatic rings. The van der Waals surface area contributed by atoms with Crippen LogP contribution in [0.5, 0.6) is 0 Å². The molecule has 6 aliphatic rings. The van der Waals surface area contributed by atoms with Gasteiger partial charge in [0.1, 0.15) is 23.7 Å². The Balaban J connectivity index is 0.000000157. The third kappa shape index (κ3) is 9.98. The van der Waals surface area contributed by atoms with Crippen LogP contribution in [0.2, 0.25) is 0 Å². The molecule has 6 N–H and O–H groups in total. The number of hydrogen-bond donors (Lipinski definition) is 5. The molecular weight excluding hydrogens is 889 g/mol. The number of nitrogen functional groups attached to an aromatic ring is 1. The summed E-state index contributed by atoms with van der Waals surface area (Å²) in [6.45, 7) is 3.39. The molecule has 0 unspecified atom stereocenters. The SMILES string of the molecule is CNC(=O)c1ncn([C@H]2CCc3sc(CC(=O)C4CC4)c(C(=O)NCC4CC4)c3C2)c1N.Cc1nn(C)cc1Nc1nncn1[C@H]1CCc2sc(CC(=O)C3CC3)c(C(=O)NCC3CC3)c2C1. The van der Waals surface area contributed by atoms with Gasteiger partial charge in [0.05, 0.1) is 28.8 Å². The lowest BCUT2D eigenvalue weighted by molar-refractivity contribution is -0.120. The highest BCUT2D eigenvalue weighted by Crippen LogP contribution is 2.43. The van der Waals surface area contributed by atoms with E-state index in [0.717, 1.165) is 102 Å². The van der Waals surface area contributed by atoms with Crippen molar-refractivity contribution in [2.24, 2.45) is 30.7 Å². The largest absolute Gasteiger partial charge is 0.383 e. The van der Waals surface area contributed by atoms with Gasteiger partial charge in [0.25, 0.3) is 17.7 Å². The van der Waals surface area contributed by atoms with Crippen molar-refractivity contribution in [3.05, 3.63) is 72.0 Å². The predicted molar refractivity (Wildman–Crippen MR) is 255 cm³/mol. The number of nitrogens with two attached hydrogens (primary N) is 1. The molecule has 0 spiro atoms. The molecule has 354 valence electrons. The fraction of sp³-hybridized carbons (Fsp3) is 0.562. The second kappa shape index (κ2) is 18.8. The van der Waals surface area contributed by atoms with Crippen molar-refractivity contribution in [3.63, 3.8) is 0 Å². The predicted octanol–water partition coefficient (Wildman–Crippen LogP) is 5.79. The van der Waals surface area contributed by atoms with Crippen LogP contribution < -0.4 is 27.0 Å². The van der Waals surface area contributed by atoms with Crippen LogP contribution in [0.1, 0.15) is 144 Å². The first-order valence-corrected chi connectivity index (χ1v) is 25.6. The van der Waals surface area contributed by atoms with Crippen LogP contribution in [0.25, 0.3) is 0 Å². The molecule has 0 bridgehead atoms. The van der Waals surface area contributed by atoms with Crippen LogP contribution in [0, 0.1) is 30.6 Å². The number of aromatic nitrogens is 7. The summed E-state index contributed by atoms with van der Waals surface area (Å²) in [5.74, 6) is 2.76. The number of nitrogens with zero attached hydrogens (tertiary/aromatic N) is 7. The second-order valence-electron chi connectivity index (χ2n) is 19.5. The van der Waals surface area contributed by atoms with E-state index in [1.54, 1.807) is 47.1 Å². The zero-order valence-electron chi connectivity index (χ0n) is 38.5. The number of fused-ring (bicyclic) bond motifs is 2. The summed E-state index contributed by atoms with van der Waals surface area (Å²) in [4.78, 5) is 72.4. The second-order valence-corrected chi connectivity index (χ2v) is 21.9. The molecular formula is C48H60N12O5S2. The van der Waals surface area contributed by atoms with E-state index >= 15 is 0 Å². The summed E-state index contributed by atoms with van der Waals surface area (Å²) < 4.78 is 5.70. The quantitative estimate of drug-likeness (QED) is 0.0750. The lowest BCUT2D eigenvalue weighted by atomic mass is 9.89. The molecule has 67 heavy (non-hydrogen) atoms. The Hall–Kier alpha value is -5.69. The van der Waals surface area contributed by atoms with Crippen LogP contribution in [-0.2, 0) is 55.2 Å². The van der Waals surface area contributed by atoms with E-state index in [9.17, 15) is 24.0 Å². The van der Waals surface area contributed by atoms with Crippen molar-refractivity contribution in [1.82, 2.24) is 50.0 Å². The molecule has 11 rings (SSSR count).